The first-order valence-electron chi connectivity index (χ1n) is 5.62. The molecular formula is C12H17N4-. The lowest BCUT2D eigenvalue weighted by atomic mass is 9.98. The van der Waals surface area contributed by atoms with Crippen molar-refractivity contribution in [2.75, 3.05) is 6.54 Å². The molecule has 4 nitrogen and oxygen atoms in total. The van der Waals surface area contributed by atoms with Gasteiger partial charge in [0.05, 0.1) is 0 Å². The third-order valence-electron chi connectivity index (χ3n) is 2.74. The lowest BCUT2D eigenvalue weighted by Gasteiger charge is -2.23. The van der Waals surface area contributed by atoms with Gasteiger partial charge in [0, 0.05) is 6.04 Å². The highest BCUT2D eigenvalue weighted by molar-refractivity contribution is 5.15. The van der Waals surface area contributed by atoms with Gasteiger partial charge in [-0.15, -0.1) is 0 Å². The van der Waals surface area contributed by atoms with Crippen LogP contribution in [0.5, 0.6) is 0 Å². The molecule has 1 aliphatic heterocycles. The van der Waals surface area contributed by atoms with E-state index in [4.69, 9.17) is 11.1 Å². The third-order valence-corrected chi connectivity index (χ3v) is 2.74. The molecule has 0 spiro atoms. The summed E-state index contributed by atoms with van der Waals surface area (Å²) in [6.07, 6.45) is 5.28. The minimum absolute atomic E-state index is 0.719. The van der Waals surface area contributed by atoms with Gasteiger partial charge >= 0.3 is 0 Å². The van der Waals surface area contributed by atoms with Crippen LogP contribution in [0.3, 0.4) is 0 Å². The monoisotopic (exact) mass is 217 g/mol. The molecular weight excluding hydrogens is 200 g/mol. The largest absolute Gasteiger partial charge is 0.373 e. The van der Waals surface area contributed by atoms with Gasteiger partial charge < -0.3 is 16.4 Å². The second kappa shape index (κ2) is 7.74. The second-order valence-corrected chi connectivity index (χ2v) is 3.93. The van der Waals surface area contributed by atoms with E-state index in [0.29, 0.717) is 0 Å². The molecule has 0 amide bonds. The van der Waals surface area contributed by atoms with Crippen LogP contribution in [0, 0.1) is 0 Å². The third kappa shape index (κ3) is 4.82. The van der Waals surface area contributed by atoms with Crippen LogP contribution in [0.15, 0.2) is 30.3 Å². The number of hydrogen-bond donors (Lipinski definition) is 1. The van der Waals surface area contributed by atoms with Gasteiger partial charge in [0.15, 0.2) is 0 Å². The molecule has 1 heterocycles. The molecule has 1 aromatic carbocycles. The predicted molar refractivity (Wildman–Crippen MR) is 65.9 cm³/mol. The molecule has 0 bridgehead atoms. The summed E-state index contributed by atoms with van der Waals surface area (Å²) >= 11 is 0. The average molecular weight is 217 g/mol. The Hall–Kier alpha value is -1.51. The Morgan fingerprint density at radius 2 is 1.88 bits per heavy atom. The van der Waals surface area contributed by atoms with Gasteiger partial charge in [-0.1, -0.05) is 36.8 Å². The Labute approximate surface area is 96.1 Å². The average Bonchev–Trinajstić information content (AvgIpc) is 2.33. The highest BCUT2D eigenvalue weighted by Gasteiger charge is 2.12. The minimum atomic E-state index is 0.719. The van der Waals surface area contributed by atoms with Crippen molar-refractivity contribution in [1.82, 2.24) is 5.32 Å². The summed E-state index contributed by atoms with van der Waals surface area (Å²) in [6, 6.07) is 11.5. The Kier molecular flexibility index (Phi) is 6.07. The van der Waals surface area contributed by atoms with Crippen molar-refractivity contribution in [1.29, 1.82) is 0 Å². The van der Waals surface area contributed by atoms with Gasteiger partial charge in [0.25, 0.3) is 0 Å². The van der Waals surface area contributed by atoms with Crippen molar-refractivity contribution in [3.8, 4) is 0 Å². The standard InChI is InChI=1S/C12H17N.N3/c1-2-6-11(7-3-1)10-12-8-4-5-9-13-12;1-3-2/h1-3,6-7,12-13H,4-5,8-10H2;/q;-1. The van der Waals surface area contributed by atoms with Gasteiger partial charge in [0.2, 0.25) is 0 Å². The molecule has 16 heavy (non-hydrogen) atoms. The smallest absolute Gasteiger partial charge is 0.0107 e. The van der Waals surface area contributed by atoms with Crippen molar-refractivity contribution >= 4 is 0 Å². The first kappa shape index (κ1) is 12.6. The number of piperidine rings is 1. The summed E-state index contributed by atoms with van der Waals surface area (Å²) in [5, 5.41) is 3.57. The van der Waals surface area contributed by atoms with E-state index < -0.39 is 0 Å². The van der Waals surface area contributed by atoms with E-state index >= 15 is 0 Å². The van der Waals surface area contributed by atoms with E-state index in [2.05, 4.69) is 35.6 Å². The van der Waals surface area contributed by atoms with E-state index in [1.165, 1.54) is 42.7 Å². The van der Waals surface area contributed by atoms with E-state index in [0.717, 1.165) is 6.04 Å². The number of hydrogen-bond acceptors (Lipinski definition) is 1. The Morgan fingerprint density at radius 1 is 1.19 bits per heavy atom. The molecule has 0 aliphatic carbocycles. The number of nitrogens with zero attached hydrogens (tertiary/aromatic N) is 3. The molecule has 1 unspecified atom stereocenters. The Morgan fingerprint density at radius 3 is 2.44 bits per heavy atom. The molecule has 0 aromatic heterocycles. The SMILES string of the molecule is [N-]=[N+]=[N-].c1ccc(CC2CCCCN2)cc1. The van der Waals surface area contributed by atoms with Crippen molar-refractivity contribution in [2.24, 2.45) is 0 Å². The molecule has 86 valence electrons. The molecule has 1 saturated heterocycles. The summed E-state index contributed by atoms with van der Waals surface area (Å²) in [5.74, 6) is 0. The Balaban J connectivity index is 0.000000386. The van der Waals surface area contributed by atoms with E-state index in [-0.39, 0.29) is 0 Å². The van der Waals surface area contributed by atoms with Crippen LogP contribution in [-0.4, -0.2) is 12.6 Å². The van der Waals surface area contributed by atoms with Crippen LogP contribution in [0.1, 0.15) is 24.8 Å². The van der Waals surface area contributed by atoms with E-state index in [1.54, 1.807) is 0 Å². The molecule has 1 aliphatic rings. The van der Waals surface area contributed by atoms with Crippen LogP contribution in [-0.2, 0) is 6.42 Å². The number of nitrogens with one attached hydrogen (secondary N) is 1. The molecule has 1 N–H and O–H groups in total. The van der Waals surface area contributed by atoms with Crippen LogP contribution in [0.4, 0.5) is 0 Å². The maximum atomic E-state index is 6.75. The highest BCUT2D eigenvalue weighted by Crippen LogP contribution is 2.12. The first-order chi connectivity index (χ1) is 7.86. The molecule has 1 aromatic rings. The topological polar surface area (TPSA) is 70.7 Å². The fourth-order valence-corrected chi connectivity index (χ4v) is 2.00. The van der Waals surface area contributed by atoms with Crippen LogP contribution in [0.25, 0.3) is 16.0 Å². The number of rotatable bonds is 2. The summed E-state index contributed by atoms with van der Waals surface area (Å²) in [5.41, 5.74) is 15.0. The highest BCUT2D eigenvalue weighted by atomic mass is 15.0. The summed E-state index contributed by atoms with van der Waals surface area (Å²) in [6.45, 7) is 1.21. The summed E-state index contributed by atoms with van der Waals surface area (Å²) < 4.78 is 0. The van der Waals surface area contributed by atoms with Crippen molar-refractivity contribution in [2.45, 2.75) is 31.7 Å². The summed E-state index contributed by atoms with van der Waals surface area (Å²) in [4.78, 5) is 1.50. The van der Waals surface area contributed by atoms with Gasteiger partial charge in [-0.2, -0.15) is 0 Å². The normalized spacial score (nSPS) is 19.1. The molecule has 1 atom stereocenters. The van der Waals surface area contributed by atoms with Gasteiger partial charge in [0.1, 0.15) is 0 Å². The molecule has 0 saturated carbocycles. The molecule has 4 heteroatoms. The molecule has 1 fully saturated rings. The number of benzene rings is 1. The first-order valence-corrected chi connectivity index (χ1v) is 5.62. The minimum Gasteiger partial charge on any atom is -0.373 e. The van der Waals surface area contributed by atoms with Gasteiger partial charge in [-0.25, -0.2) is 0 Å². The van der Waals surface area contributed by atoms with Crippen molar-refractivity contribution in [3.63, 3.8) is 0 Å². The van der Waals surface area contributed by atoms with Gasteiger partial charge in [-0.05, 0) is 31.4 Å². The van der Waals surface area contributed by atoms with Crippen molar-refractivity contribution < 1.29 is 0 Å². The zero-order chi connectivity index (χ0) is 11.6. The van der Waals surface area contributed by atoms with E-state index in [9.17, 15) is 0 Å². The van der Waals surface area contributed by atoms with Crippen LogP contribution in [0.2, 0.25) is 0 Å². The van der Waals surface area contributed by atoms with Crippen LogP contribution < -0.4 is 5.32 Å². The fraction of sp³-hybridized carbons (Fsp3) is 0.500. The maximum Gasteiger partial charge on any atom is 0.0107 e. The predicted octanol–water partition coefficient (Wildman–Crippen LogP) is 3.24. The Bertz CT molecular complexity index is 311. The van der Waals surface area contributed by atoms with Crippen LogP contribution >= 0.6 is 0 Å². The molecule has 0 radical (unpaired) electrons. The zero-order valence-electron chi connectivity index (χ0n) is 9.34. The lowest BCUT2D eigenvalue weighted by molar-refractivity contribution is 0.399. The second-order valence-electron chi connectivity index (χ2n) is 3.93. The molecule has 2 rings (SSSR count). The summed E-state index contributed by atoms with van der Waals surface area (Å²) in [7, 11) is 0. The van der Waals surface area contributed by atoms with Gasteiger partial charge in [-0.3, -0.25) is 4.91 Å². The maximum absolute atomic E-state index is 6.75. The van der Waals surface area contributed by atoms with E-state index in [1.807, 2.05) is 0 Å². The van der Waals surface area contributed by atoms with Crippen molar-refractivity contribution in [3.05, 3.63) is 51.9 Å². The zero-order valence-corrected chi connectivity index (χ0v) is 9.34. The fourth-order valence-electron chi connectivity index (χ4n) is 2.00. The quantitative estimate of drug-likeness (QED) is 0.461. The lowest BCUT2D eigenvalue weighted by Crippen LogP contribution is -2.35.